The number of ether oxygens (including phenoxy) is 2. The van der Waals surface area contributed by atoms with Crippen molar-refractivity contribution in [1.29, 1.82) is 0 Å². The fourth-order valence-electron chi connectivity index (χ4n) is 2.21. The molecule has 0 amide bonds. The average molecular weight is 156 g/mol. The molecule has 0 aromatic carbocycles. The number of hydrogen-bond donors (Lipinski definition) is 0. The fraction of sp³-hybridized carbons (Fsp3) is 1.00. The standard InChI is InChI=1S/C9H16O2/c1-6-4-11-9(3)7(2)5-10-8(6)9/h6-8H,4-5H2,1-3H3/t6-,7-,8?,9?/m1/s1. The summed E-state index contributed by atoms with van der Waals surface area (Å²) in [6.07, 6.45) is 0.345. The summed E-state index contributed by atoms with van der Waals surface area (Å²) in [5.41, 5.74) is 0.0133. The fourth-order valence-corrected chi connectivity index (χ4v) is 2.21. The maximum Gasteiger partial charge on any atom is 0.0965 e. The molecule has 0 aliphatic carbocycles. The number of hydrogen-bond acceptors (Lipinski definition) is 2. The van der Waals surface area contributed by atoms with E-state index in [1.807, 2.05) is 0 Å². The minimum absolute atomic E-state index is 0.0133. The van der Waals surface area contributed by atoms with Gasteiger partial charge in [-0.25, -0.2) is 0 Å². The van der Waals surface area contributed by atoms with Gasteiger partial charge in [0.05, 0.1) is 24.9 Å². The van der Waals surface area contributed by atoms with Crippen molar-refractivity contribution in [1.82, 2.24) is 0 Å². The van der Waals surface area contributed by atoms with Gasteiger partial charge in [-0.2, -0.15) is 0 Å². The highest BCUT2D eigenvalue weighted by Gasteiger charge is 2.53. The van der Waals surface area contributed by atoms with Crippen LogP contribution in [0.1, 0.15) is 20.8 Å². The minimum atomic E-state index is 0.0133. The zero-order valence-corrected chi connectivity index (χ0v) is 7.46. The summed E-state index contributed by atoms with van der Waals surface area (Å²) in [6.45, 7) is 8.32. The summed E-state index contributed by atoms with van der Waals surface area (Å²) in [5.74, 6) is 1.13. The molecule has 2 rings (SSSR count). The predicted octanol–water partition coefficient (Wildman–Crippen LogP) is 1.45. The van der Waals surface area contributed by atoms with E-state index in [0.29, 0.717) is 17.9 Å². The van der Waals surface area contributed by atoms with Crippen molar-refractivity contribution in [3.63, 3.8) is 0 Å². The molecule has 2 heterocycles. The van der Waals surface area contributed by atoms with E-state index >= 15 is 0 Å². The van der Waals surface area contributed by atoms with Gasteiger partial charge in [0.25, 0.3) is 0 Å². The molecule has 0 radical (unpaired) electrons. The SMILES string of the molecule is C[C@@H]1COC2(C)C1OC[C@H]2C. The van der Waals surface area contributed by atoms with E-state index in [1.54, 1.807) is 0 Å². The van der Waals surface area contributed by atoms with Crippen molar-refractivity contribution in [3.05, 3.63) is 0 Å². The molecule has 0 aromatic heterocycles. The van der Waals surface area contributed by atoms with Crippen molar-refractivity contribution in [3.8, 4) is 0 Å². The second kappa shape index (κ2) is 2.20. The van der Waals surface area contributed by atoms with Gasteiger partial charge in [0.1, 0.15) is 0 Å². The molecule has 64 valence electrons. The van der Waals surface area contributed by atoms with Gasteiger partial charge >= 0.3 is 0 Å². The van der Waals surface area contributed by atoms with Gasteiger partial charge in [-0.1, -0.05) is 13.8 Å². The second-order valence-corrected chi connectivity index (χ2v) is 4.13. The highest BCUT2D eigenvalue weighted by Crippen LogP contribution is 2.43. The Bertz CT molecular complexity index is 169. The maximum absolute atomic E-state index is 5.76. The highest BCUT2D eigenvalue weighted by molar-refractivity contribution is 5.01. The van der Waals surface area contributed by atoms with Gasteiger partial charge in [-0.15, -0.1) is 0 Å². The number of rotatable bonds is 0. The molecular formula is C9H16O2. The summed E-state index contributed by atoms with van der Waals surface area (Å²) in [5, 5.41) is 0. The summed E-state index contributed by atoms with van der Waals surface area (Å²) in [6, 6.07) is 0. The third kappa shape index (κ3) is 0.859. The van der Waals surface area contributed by atoms with Gasteiger partial charge in [0.15, 0.2) is 0 Å². The summed E-state index contributed by atoms with van der Waals surface area (Å²) in [4.78, 5) is 0. The second-order valence-electron chi connectivity index (χ2n) is 4.13. The zero-order valence-electron chi connectivity index (χ0n) is 7.46. The molecule has 2 unspecified atom stereocenters. The van der Waals surface area contributed by atoms with Crippen LogP contribution in [0.25, 0.3) is 0 Å². The van der Waals surface area contributed by atoms with Crippen molar-refractivity contribution in [2.75, 3.05) is 13.2 Å². The molecule has 2 aliphatic rings. The van der Waals surface area contributed by atoms with Crippen molar-refractivity contribution in [2.24, 2.45) is 11.8 Å². The van der Waals surface area contributed by atoms with Crippen molar-refractivity contribution in [2.45, 2.75) is 32.5 Å². The Morgan fingerprint density at radius 2 is 2.00 bits per heavy atom. The maximum atomic E-state index is 5.76. The van der Waals surface area contributed by atoms with Crippen LogP contribution in [0.3, 0.4) is 0 Å². The minimum Gasteiger partial charge on any atom is -0.374 e. The van der Waals surface area contributed by atoms with Gasteiger partial charge in [0, 0.05) is 11.8 Å². The lowest BCUT2D eigenvalue weighted by atomic mass is 9.86. The molecule has 2 aliphatic heterocycles. The Hall–Kier alpha value is -0.0800. The smallest absolute Gasteiger partial charge is 0.0965 e. The molecule has 2 fully saturated rings. The normalized spacial score (nSPS) is 56.5. The first-order valence-corrected chi connectivity index (χ1v) is 4.40. The van der Waals surface area contributed by atoms with E-state index in [2.05, 4.69) is 20.8 Å². The van der Waals surface area contributed by atoms with Crippen LogP contribution in [0.2, 0.25) is 0 Å². The molecule has 0 aromatic rings. The van der Waals surface area contributed by atoms with Gasteiger partial charge < -0.3 is 9.47 Å². The van der Waals surface area contributed by atoms with Gasteiger partial charge in [-0.05, 0) is 6.92 Å². The van der Waals surface area contributed by atoms with Crippen LogP contribution in [-0.2, 0) is 9.47 Å². The van der Waals surface area contributed by atoms with Crippen molar-refractivity contribution >= 4 is 0 Å². The number of fused-ring (bicyclic) bond motifs is 1. The van der Waals surface area contributed by atoms with Crippen LogP contribution in [0.5, 0.6) is 0 Å². The molecule has 0 N–H and O–H groups in total. The van der Waals surface area contributed by atoms with E-state index in [-0.39, 0.29) is 5.60 Å². The van der Waals surface area contributed by atoms with Crippen LogP contribution < -0.4 is 0 Å². The molecule has 4 atom stereocenters. The van der Waals surface area contributed by atoms with E-state index < -0.39 is 0 Å². The quantitative estimate of drug-likeness (QED) is 0.528. The Morgan fingerprint density at radius 1 is 1.27 bits per heavy atom. The Labute approximate surface area is 67.9 Å². The largest absolute Gasteiger partial charge is 0.374 e. The molecule has 0 bridgehead atoms. The highest BCUT2D eigenvalue weighted by atomic mass is 16.6. The van der Waals surface area contributed by atoms with Crippen LogP contribution in [0.15, 0.2) is 0 Å². The first-order chi connectivity index (χ1) is 5.14. The lowest BCUT2D eigenvalue weighted by Crippen LogP contribution is -2.37. The molecular weight excluding hydrogens is 140 g/mol. The summed E-state index contributed by atoms with van der Waals surface area (Å²) < 4.78 is 11.4. The van der Waals surface area contributed by atoms with Crippen LogP contribution >= 0.6 is 0 Å². The third-order valence-electron chi connectivity index (χ3n) is 3.24. The van der Waals surface area contributed by atoms with E-state index in [1.165, 1.54) is 0 Å². The first kappa shape index (κ1) is 7.56. The van der Waals surface area contributed by atoms with Gasteiger partial charge in [-0.3, -0.25) is 0 Å². The molecule has 2 nitrogen and oxygen atoms in total. The molecule has 0 spiro atoms. The average Bonchev–Trinajstić information content (AvgIpc) is 2.39. The monoisotopic (exact) mass is 156 g/mol. The van der Waals surface area contributed by atoms with Crippen molar-refractivity contribution < 1.29 is 9.47 Å². The molecule has 2 heteroatoms. The Morgan fingerprint density at radius 3 is 2.64 bits per heavy atom. The predicted molar refractivity (Wildman–Crippen MR) is 42.4 cm³/mol. The molecule has 2 saturated heterocycles. The third-order valence-corrected chi connectivity index (χ3v) is 3.24. The summed E-state index contributed by atoms with van der Waals surface area (Å²) >= 11 is 0. The summed E-state index contributed by atoms with van der Waals surface area (Å²) in [7, 11) is 0. The zero-order chi connectivity index (χ0) is 8.06. The lowest BCUT2D eigenvalue weighted by molar-refractivity contribution is -0.0244. The lowest BCUT2D eigenvalue weighted by Gasteiger charge is -2.26. The van der Waals surface area contributed by atoms with Gasteiger partial charge in [0.2, 0.25) is 0 Å². The van der Waals surface area contributed by atoms with E-state index in [0.717, 1.165) is 13.2 Å². The Balaban J connectivity index is 2.23. The topological polar surface area (TPSA) is 18.5 Å². The molecule has 11 heavy (non-hydrogen) atoms. The van der Waals surface area contributed by atoms with E-state index in [4.69, 9.17) is 9.47 Å². The van der Waals surface area contributed by atoms with Crippen LogP contribution in [0.4, 0.5) is 0 Å². The Kier molecular flexibility index (Phi) is 1.52. The van der Waals surface area contributed by atoms with Crippen LogP contribution in [0, 0.1) is 11.8 Å². The van der Waals surface area contributed by atoms with E-state index in [9.17, 15) is 0 Å². The first-order valence-electron chi connectivity index (χ1n) is 4.40. The van der Waals surface area contributed by atoms with Crippen LogP contribution in [-0.4, -0.2) is 24.9 Å². The molecule has 0 saturated carbocycles.